The Morgan fingerprint density at radius 1 is 1.54 bits per heavy atom. The summed E-state index contributed by atoms with van der Waals surface area (Å²) < 4.78 is 24.4. The third-order valence-corrected chi connectivity index (χ3v) is 1.92. The van der Waals surface area contributed by atoms with E-state index >= 15 is 0 Å². The van der Waals surface area contributed by atoms with Crippen LogP contribution in [0.25, 0.3) is 0 Å². The lowest BCUT2D eigenvalue weighted by molar-refractivity contribution is -0.389. The first-order valence-corrected chi connectivity index (χ1v) is 3.90. The van der Waals surface area contributed by atoms with Gasteiger partial charge in [0.15, 0.2) is 0 Å². The van der Waals surface area contributed by atoms with Gasteiger partial charge in [-0.15, -0.1) is 0 Å². The first kappa shape index (κ1) is 9.97. The minimum absolute atomic E-state index is 0.0631. The largest absolute Gasteiger partial charge is 0.363 e. The van der Waals surface area contributed by atoms with Crippen LogP contribution >= 0.6 is 15.9 Å². The molecule has 1 rings (SSSR count). The van der Waals surface area contributed by atoms with Gasteiger partial charge in [0.25, 0.3) is 0 Å². The van der Waals surface area contributed by atoms with Gasteiger partial charge < -0.3 is 10.1 Å². The summed E-state index contributed by atoms with van der Waals surface area (Å²) in [6.07, 6.45) is -2.82. The molecule has 0 saturated carbocycles. The molecular weight excluding hydrogens is 250 g/mol. The molecule has 0 saturated heterocycles. The van der Waals surface area contributed by atoms with E-state index in [1.54, 1.807) is 0 Å². The van der Waals surface area contributed by atoms with E-state index in [1.807, 2.05) is 0 Å². The highest BCUT2D eigenvalue weighted by Gasteiger charge is 2.21. The Bertz CT molecular complexity index is 345. The number of nitrogens with zero attached hydrogens (tertiary/aromatic N) is 2. The quantitative estimate of drug-likeness (QED) is 0.601. The lowest BCUT2D eigenvalue weighted by Crippen LogP contribution is -1.97. The van der Waals surface area contributed by atoms with Crippen LogP contribution in [0, 0.1) is 10.1 Å². The fourth-order valence-corrected chi connectivity index (χ4v) is 1.10. The molecule has 4 nitrogen and oxygen atoms in total. The van der Waals surface area contributed by atoms with Gasteiger partial charge in [0.2, 0.25) is 5.69 Å². The number of hydrogen-bond acceptors (Lipinski definition) is 3. The Kier molecular flexibility index (Phi) is 2.86. The highest BCUT2D eigenvalue weighted by Crippen LogP contribution is 2.27. The molecule has 13 heavy (non-hydrogen) atoms. The van der Waals surface area contributed by atoms with E-state index in [9.17, 15) is 18.9 Å². The summed E-state index contributed by atoms with van der Waals surface area (Å²) >= 11 is 2.82. The smallest absolute Gasteiger partial charge is 0.358 e. The van der Waals surface area contributed by atoms with E-state index in [0.717, 1.165) is 6.07 Å². The standard InChI is InChI=1S/C6H3BrF2N2O2/c7-3-1-2-4(11(12)13)10-5(3)6(8)9/h1-2,6H. The van der Waals surface area contributed by atoms with Gasteiger partial charge in [0.05, 0.1) is 4.47 Å². The van der Waals surface area contributed by atoms with Crippen LogP contribution in [-0.2, 0) is 0 Å². The van der Waals surface area contributed by atoms with E-state index in [1.165, 1.54) is 6.07 Å². The maximum absolute atomic E-state index is 12.2. The number of pyridine rings is 1. The molecule has 0 fully saturated rings. The zero-order valence-corrected chi connectivity index (χ0v) is 7.66. The summed E-state index contributed by atoms with van der Waals surface area (Å²) in [5.41, 5.74) is -0.616. The molecule has 0 N–H and O–H groups in total. The van der Waals surface area contributed by atoms with Crippen molar-refractivity contribution in [3.05, 3.63) is 32.4 Å². The Morgan fingerprint density at radius 2 is 2.15 bits per heavy atom. The summed E-state index contributed by atoms with van der Waals surface area (Å²) in [5.74, 6) is -0.585. The molecule has 1 aromatic rings. The molecule has 70 valence electrons. The lowest BCUT2D eigenvalue weighted by Gasteiger charge is -1.97. The zero-order valence-electron chi connectivity index (χ0n) is 6.08. The van der Waals surface area contributed by atoms with Crippen LogP contribution in [0.5, 0.6) is 0 Å². The molecule has 0 aliphatic carbocycles. The van der Waals surface area contributed by atoms with Crippen molar-refractivity contribution < 1.29 is 13.7 Å². The Balaban J connectivity index is 3.19. The van der Waals surface area contributed by atoms with Gasteiger partial charge >= 0.3 is 12.2 Å². The monoisotopic (exact) mass is 252 g/mol. The molecule has 0 bridgehead atoms. The normalized spacial score (nSPS) is 10.5. The Morgan fingerprint density at radius 3 is 2.62 bits per heavy atom. The van der Waals surface area contributed by atoms with Crippen molar-refractivity contribution in [3.8, 4) is 0 Å². The first-order chi connectivity index (χ1) is 6.02. The summed E-state index contributed by atoms with van der Waals surface area (Å²) in [7, 11) is 0. The van der Waals surface area contributed by atoms with E-state index in [4.69, 9.17) is 0 Å². The van der Waals surface area contributed by atoms with Crippen molar-refractivity contribution in [3.63, 3.8) is 0 Å². The summed E-state index contributed by atoms with van der Waals surface area (Å²) in [6, 6.07) is 2.22. The van der Waals surface area contributed by atoms with Gasteiger partial charge in [-0.3, -0.25) is 0 Å². The lowest BCUT2D eigenvalue weighted by atomic mass is 10.3. The van der Waals surface area contributed by atoms with Crippen LogP contribution < -0.4 is 0 Å². The van der Waals surface area contributed by atoms with Crippen LogP contribution in [-0.4, -0.2) is 9.91 Å². The van der Waals surface area contributed by atoms with Crippen LogP contribution in [0.3, 0.4) is 0 Å². The number of nitro groups is 1. The summed E-state index contributed by atoms with van der Waals surface area (Å²) in [4.78, 5) is 12.5. The number of rotatable bonds is 2. The average Bonchev–Trinajstić information content (AvgIpc) is 2.04. The van der Waals surface area contributed by atoms with Crippen molar-refractivity contribution >= 4 is 21.7 Å². The maximum atomic E-state index is 12.2. The van der Waals surface area contributed by atoms with Crippen molar-refractivity contribution in [2.75, 3.05) is 0 Å². The minimum Gasteiger partial charge on any atom is -0.358 e. The molecular formula is C6H3BrF2N2O2. The molecule has 0 amide bonds. The third-order valence-electron chi connectivity index (χ3n) is 1.25. The zero-order chi connectivity index (χ0) is 10.0. The molecule has 1 heterocycles. The fourth-order valence-electron chi connectivity index (χ4n) is 0.702. The van der Waals surface area contributed by atoms with Gasteiger partial charge in [0, 0.05) is 6.07 Å². The SMILES string of the molecule is O=[N+]([O-])c1ccc(Br)c(C(F)F)n1. The minimum atomic E-state index is -2.82. The average molecular weight is 253 g/mol. The fraction of sp³-hybridized carbons (Fsp3) is 0.167. The predicted octanol–water partition coefficient (Wildman–Crippen LogP) is 2.69. The van der Waals surface area contributed by atoms with Crippen molar-refractivity contribution in [1.82, 2.24) is 4.98 Å². The molecule has 1 aromatic heterocycles. The molecule has 0 atom stereocenters. The summed E-state index contributed by atoms with van der Waals surface area (Å²) in [6.45, 7) is 0. The van der Waals surface area contributed by atoms with Gasteiger partial charge in [-0.2, -0.15) is 0 Å². The van der Waals surface area contributed by atoms with Crippen molar-refractivity contribution in [2.45, 2.75) is 6.43 Å². The molecule has 0 spiro atoms. The van der Waals surface area contributed by atoms with E-state index in [-0.39, 0.29) is 4.47 Å². The second kappa shape index (κ2) is 3.73. The third kappa shape index (κ3) is 2.18. The number of aromatic nitrogens is 1. The number of hydrogen-bond donors (Lipinski definition) is 0. The van der Waals surface area contributed by atoms with E-state index < -0.39 is 22.9 Å². The van der Waals surface area contributed by atoms with Gasteiger partial charge in [-0.25, -0.2) is 8.78 Å². The highest BCUT2D eigenvalue weighted by atomic mass is 79.9. The van der Waals surface area contributed by atoms with Gasteiger partial charge in [-0.05, 0) is 31.9 Å². The molecule has 0 aromatic carbocycles. The number of halogens is 3. The van der Waals surface area contributed by atoms with Crippen LogP contribution in [0.2, 0.25) is 0 Å². The van der Waals surface area contributed by atoms with Crippen LogP contribution in [0.4, 0.5) is 14.6 Å². The van der Waals surface area contributed by atoms with Gasteiger partial charge in [-0.1, -0.05) is 0 Å². The summed E-state index contributed by atoms with van der Waals surface area (Å²) in [5, 5.41) is 10.2. The van der Waals surface area contributed by atoms with Crippen LogP contribution in [0.1, 0.15) is 12.1 Å². The second-order valence-corrected chi connectivity index (χ2v) is 2.95. The maximum Gasteiger partial charge on any atom is 0.363 e. The van der Waals surface area contributed by atoms with Gasteiger partial charge in [0.1, 0.15) is 0 Å². The molecule has 0 aliphatic rings. The first-order valence-electron chi connectivity index (χ1n) is 3.11. The highest BCUT2D eigenvalue weighted by molar-refractivity contribution is 9.10. The van der Waals surface area contributed by atoms with E-state index in [0.29, 0.717) is 0 Å². The molecule has 0 unspecified atom stereocenters. The second-order valence-electron chi connectivity index (χ2n) is 2.09. The Labute approximate surface area is 79.9 Å². The van der Waals surface area contributed by atoms with E-state index in [2.05, 4.69) is 20.9 Å². The van der Waals surface area contributed by atoms with Crippen molar-refractivity contribution in [1.29, 1.82) is 0 Å². The molecule has 7 heteroatoms. The van der Waals surface area contributed by atoms with Crippen molar-refractivity contribution in [2.24, 2.45) is 0 Å². The van der Waals surface area contributed by atoms with Crippen LogP contribution in [0.15, 0.2) is 16.6 Å². The number of alkyl halides is 2. The topological polar surface area (TPSA) is 56.0 Å². The molecule has 0 radical (unpaired) electrons. The molecule has 0 aliphatic heterocycles. The predicted molar refractivity (Wildman–Crippen MR) is 43.5 cm³/mol. The Hall–Kier alpha value is -1.11.